The number of hydrogen-bond acceptors (Lipinski definition) is 6. The van der Waals surface area contributed by atoms with Crippen molar-refractivity contribution in [3.05, 3.63) is 63.5 Å². The second-order valence-corrected chi connectivity index (χ2v) is 7.95. The van der Waals surface area contributed by atoms with Crippen LogP contribution in [0.3, 0.4) is 0 Å². The Morgan fingerprint density at radius 1 is 1.10 bits per heavy atom. The van der Waals surface area contributed by atoms with Gasteiger partial charge in [0.15, 0.2) is 5.82 Å². The highest BCUT2D eigenvalue weighted by atomic mass is 35.5. The Balaban J connectivity index is 1.75. The summed E-state index contributed by atoms with van der Waals surface area (Å²) in [6, 6.07) is 11.1. The molecule has 1 aromatic carbocycles. The van der Waals surface area contributed by atoms with Crippen LogP contribution in [0.2, 0.25) is 5.02 Å². The summed E-state index contributed by atoms with van der Waals surface area (Å²) < 4.78 is 3.55. The lowest BCUT2D eigenvalue weighted by Gasteiger charge is -2.10. The normalized spacial score (nSPS) is 11.6. The predicted molar refractivity (Wildman–Crippen MR) is 115 cm³/mol. The van der Waals surface area contributed by atoms with E-state index in [4.69, 9.17) is 11.6 Å². The third-order valence-corrected chi connectivity index (χ3v) is 6.00. The second kappa shape index (κ2) is 6.75. The SMILES string of the molecule is CCn1cc(-c2nnc3sc(-c4ccccc4Cl)nn23)c(=O)c2ccc(C)nc21. The molecule has 0 bridgehead atoms. The van der Waals surface area contributed by atoms with E-state index in [-0.39, 0.29) is 5.43 Å². The molecule has 5 rings (SSSR count). The maximum atomic E-state index is 13.2. The molecule has 0 spiro atoms. The molecule has 144 valence electrons. The molecular weight excluding hydrogens is 408 g/mol. The minimum atomic E-state index is -0.140. The zero-order valence-electron chi connectivity index (χ0n) is 15.6. The summed E-state index contributed by atoms with van der Waals surface area (Å²) in [6.45, 7) is 4.59. The van der Waals surface area contributed by atoms with Crippen LogP contribution in [0.25, 0.3) is 38.0 Å². The first-order valence-corrected chi connectivity index (χ1v) is 10.2. The fourth-order valence-corrected chi connectivity index (χ4v) is 4.45. The summed E-state index contributed by atoms with van der Waals surface area (Å²) in [5, 5.41) is 15.0. The first-order valence-electron chi connectivity index (χ1n) is 9.05. The first kappa shape index (κ1) is 18.0. The fourth-order valence-electron chi connectivity index (χ4n) is 3.29. The van der Waals surface area contributed by atoms with E-state index in [0.717, 1.165) is 16.3 Å². The Morgan fingerprint density at radius 3 is 2.72 bits per heavy atom. The number of fused-ring (bicyclic) bond motifs is 2. The molecular formula is C20H15ClN6OS. The maximum Gasteiger partial charge on any atom is 0.235 e. The molecule has 0 N–H and O–H groups in total. The molecule has 0 radical (unpaired) electrons. The lowest BCUT2D eigenvalue weighted by atomic mass is 10.1. The van der Waals surface area contributed by atoms with Crippen LogP contribution < -0.4 is 5.43 Å². The Hall–Kier alpha value is -3.10. The van der Waals surface area contributed by atoms with E-state index in [1.165, 1.54) is 11.3 Å². The fraction of sp³-hybridized carbons (Fsp3) is 0.150. The van der Waals surface area contributed by atoms with E-state index in [2.05, 4.69) is 20.3 Å². The molecule has 4 heterocycles. The lowest BCUT2D eigenvalue weighted by molar-refractivity contribution is 0.775. The highest BCUT2D eigenvalue weighted by molar-refractivity contribution is 7.19. The maximum absolute atomic E-state index is 13.2. The Morgan fingerprint density at radius 2 is 1.93 bits per heavy atom. The van der Waals surface area contributed by atoms with Gasteiger partial charge in [-0.2, -0.15) is 9.61 Å². The molecule has 7 nitrogen and oxygen atoms in total. The van der Waals surface area contributed by atoms with Crippen molar-refractivity contribution in [2.24, 2.45) is 0 Å². The molecule has 0 unspecified atom stereocenters. The molecule has 9 heteroatoms. The number of nitrogens with zero attached hydrogens (tertiary/aromatic N) is 6. The molecule has 0 fully saturated rings. The number of pyridine rings is 2. The first-order chi connectivity index (χ1) is 14.1. The zero-order chi connectivity index (χ0) is 20.1. The molecule has 0 amide bonds. The number of hydrogen-bond donors (Lipinski definition) is 0. The number of aryl methyl sites for hydroxylation is 2. The van der Waals surface area contributed by atoms with Crippen molar-refractivity contribution in [3.8, 4) is 22.0 Å². The van der Waals surface area contributed by atoms with E-state index in [0.29, 0.717) is 38.9 Å². The summed E-state index contributed by atoms with van der Waals surface area (Å²) >= 11 is 7.69. The standard InChI is InChI=1S/C20H15ClN6OS/c1-3-26-10-14(16(28)13-9-8-11(2)22-17(13)26)18-23-24-20-27(18)25-19(29-20)12-6-4-5-7-15(12)21/h4-10H,3H2,1-2H3. The summed E-state index contributed by atoms with van der Waals surface area (Å²) in [6.07, 6.45) is 1.78. The van der Waals surface area contributed by atoms with Crippen LogP contribution in [0.1, 0.15) is 12.6 Å². The quantitative estimate of drug-likeness (QED) is 0.435. The molecule has 4 aromatic heterocycles. The molecule has 0 atom stereocenters. The van der Waals surface area contributed by atoms with Crippen molar-refractivity contribution in [2.75, 3.05) is 0 Å². The summed E-state index contributed by atoms with van der Waals surface area (Å²) in [7, 11) is 0. The molecule has 0 saturated carbocycles. The van der Waals surface area contributed by atoms with Crippen LogP contribution >= 0.6 is 22.9 Å². The third kappa shape index (κ3) is 2.83. The van der Waals surface area contributed by atoms with Crippen molar-refractivity contribution in [2.45, 2.75) is 20.4 Å². The van der Waals surface area contributed by atoms with Gasteiger partial charge in [0.1, 0.15) is 10.7 Å². The predicted octanol–water partition coefficient (Wildman–Crippen LogP) is 4.21. The Labute approximate surface area is 174 Å². The molecule has 0 aliphatic carbocycles. The topological polar surface area (TPSA) is 78.0 Å². The van der Waals surface area contributed by atoms with Gasteiger partial charge in [0.05, 0.1) is 16.0 Å². The largest absolute Gasteiger partial charge is 0.332 e. The van der Waals surface area contributed by atoms with Crippen molar-refractivity contribution >= 4 is 38.9 Å². The third-order valence-electron chi connectivity index (χ3n) is 4.74. The number of halogens is 1. The summed E-state index contributed by atoms with van der Waals surface area (Å²) in [5.74, 6) is 0.407. The van der Waals surface area contributed by atoms with E-state index in [1.807, 2.05) is 54.8 Å². The van der Waals surface area contributed by atoms with Crippen LogP contribution in [0.5, 0.6) is 0 Å². The molecule has 29 heavy (non-hydrogen) atoms. The highest BCUT2D eigenvalue weighted by Crippen LogP contribution is 2.32. The van der Waals surface area contributed by atoms with Crippen LogP contribution in [0, 0.1) is 6.92 Å². The summed E-state index contributed by atoms with van der Waals surface area (Å²) in [5.41, 5.74) is 2.64. The Bertz CT molecular complexity index is 1450. The van der Waals surface area contributed by atoms with Crippen LogP contribution in [0.4, 0.5) is 0 Å². The van der Waals surface area contributed by atoms with Gasteiger partial charge in [-0.25, -0.2) is 4.98 Å². The van der Waals surface area contributed by atoms with Gasteiger partial charge < -0.3 is 4.57 Å². The van der Waals surface area contributed by atoms with E-state index >= 15 is 0 Å². The average molecular weight is 423 g/mol. The van der Waals surface area contributed by atoms with Crippen LogP contribution in [0.15, 0.2) is 47.4 Å². The molecule has 0 saturated heterocycles. The van der Waals surface area contributed by atoms with Gasteiger partial charge in [0.25, 0.3) is 0 Å². The van der Waals surface area contributed by atoms with E-state index < -0.39 is 0 Å². The molecule has 0 aliphatic rings. The van der Waals surface area contributed by atoms with Crippen molar-refractivity contribution < 1.29 is 0 Å². The van der Waals surface area contributed by atoms with Crippen LogP contribution in [-0.4, -0.2) is 29.4 Å². The molecule has 5 aromatic rings. The molecule has 0 aliphatic heterocycles. The van der Waals surface area contributed by atoms with Gasteiger partial charge in [-0.05, 0) is 32.0 Å². The van der Waals surface area contributed by atoms with Crippen molar-refractivity contribution in [1.29, 1.82) is 0 Å². The smallest absolute Gasteiger partial charge is 0.235 e. The summed E-state index contributed by atoms with van der Waals surface area (Å²) in [4.78, 5) is 18.3. The number of aromatic nitrogens is 6. The van der Waals surface area contributed by atoms with Crippen LogP contribution in [-0.2, 0) is 6.54 Å². The van der Waals surface area contributed by atoms with Crippen molar-refractivity contribution in [1.82, 2.24) is 29.4 Å². The minimum Gasteiger partial charge on any atom is -0.332 e. The van der Waals surface area contributed by atoms with E-state index in [1.54, 1.807) is 10.7 Å². The van der Waals surface area contributed by atoms with Gasteiger partial charge in [-0.3, -0.25) is 4.79 Å². The Kier molecular flexibility index (Phi) is 4.18. The van der Waals surface area contributed by atoms with Gasteiger partial charge in [-0.15, -0.1) is 10.2 Å². The number of benzene rings is 1. The minimum absolute atomic E-state index is 0.140. The van der Waals surface area contributed by atoms with Gasteiger partial charge in [0.2, 0.25) is 10.4 Å². The van der Waals surface area contributed by atoms with Gasteiger partial charge >= 0.3 is 0 Å². The highest BCUT2D eigenvalue weighted by Gasteiger charge is 2.20. The lowest BCUT2D eigenvalue weighted by Crippen LogP contribution is -2.14. The second-order valence-electron chi connectivity index (χ2n) is 6.59. The van der Waals surface area contributed by atoms with Crippen molar-refractivity contribution in [3.63, 3.8) is 0 Å². The van der Waals surface area contributed by atoms with Gasteiger partial charge in [-0.1, -0.05) is 41.1 Å². The zero-order valence-corrected chi connectivity index (χ0v) is 17.2. The number of rotatable bonds is 3. The van der Waals surface area contributed by atoms with E-state index in [9.17, 15) is 4.79 Å². The van der Waals surface area contributed by atoms with Gasteiger partial charge in [0, 0.05) is 24.0 Å². The average Bonchev–Trinajstić information content (AvgIpc) is 3.30. The monoisotopic (exact) mass is 422 g/mol.